The van der Waals surface area contributed by atoms with E-state index in [1.807, 2.05) is 29.4 Å². The van der Waals surface area contributed by atoms with E-state index in [2.05, 4.69) is 26.9 Å². The van der Waals surface area contributed by atoms with E-state index in [0.717, 1.165) is 41.8 Å². The number of fused-ring (bicyclic) bond motifs is 1. The highest BCUT2D eigenvalue weighted by Gasteiger charge is 2.27. The Labute approximate surface area is 140 Å². The largest absolute Gasteiger partial charge is 0.357 e. The van der Waals surface area contributed by atoms with Gasteiger partial charge in [0.15, 0.2) is 0 Å². The van der Waals surface area contributed by atoms with Gasteiger partial charge in [0.25, 0.3) is 5.91 Å². The van der Waals surface area contributed by atoms with E-state index in [0.29, 0.717) is 11.6 Å². The van der Waals surface area contributed by atoms with Crippen LogP contribution in [-0.2, 0) is 0 Å². The van der Waals surface area contributed by atoms with E-state index < -0.39 is 0 Å². The number of aromatic nitrogens is 4. The average molecular weight is 323 g/mol. The molecule has 1 amide bonds. The smallest absolute Gasteiger partial charge is 0.270 e. The number of hydrogen-bond donors (Lipinski definition) is 2. The molecule has 6 nitrogen and oxygen atoms in total. The van der Waals surface area contributed by atoms with Gasteiger partial charge < -0.3 is 14.9 Å². The van der Waals surface area contributed by atoms with Gasteiger partial charge in [0.1, 0.15) is 17.7 Å². The summed E-state index contributed by atoms with van der Waals surface area (Å²) in [5.74, 6) is 0.769. The van der Waals surface area contributed by atoms with E-state index in [9.17, 15) is 4.79 Å². The average Bonchev–Trinajstić information content (AvgIpc) is 3.10. The Kier molecular flexibility index (Phi) is 3.80. The molecular formula is C18H21N5O. The Balaban J connectivity index is 1.61. The monoisotopic (exact) mass is 323 g/mol. The summed E-state index contributed by atoms with van der Waals surface area (Å²) in [4.78, 5) is 29.6. The molecule has 2 N–H and O–H groups in total. The van der Waals surface area contributed by atoms with Gasteiger partial charge in [-0.15, -0.1) is 0 Å². The summed E-state index contributed by atoms with van der Waals surface area (Å²) in [6.07, 6.45) is 8.70. The first kappa shape index (κ1) is 14.9. The molecule has 0 atom stereocenters. The molecule has 0 radical (unpaired) electrons. The molecule has 1 aliphatic rings. The predicted octanol–water partition coefficient (Wildman–Crippen LogP) is 3.22. The molecular weight excluding hydrogens is 302 g/mol. The first-order valence-corrected chi connectivity index (χ1v) is 8.52. The molecule has 4 rings (SSSR count). The first-order valence-electron chi connectivity index (χ1n) is 8.52. The summed E-state index contributed by atoms with van der Waals surface area (Å²) >= 11 is 0. The summed E-state index contributed by atoms with van der Waals surface area (Å²) < 4.78 is 0. The highest BCUT2D eigenvalue weighted by atomic mass is 16.2. The van der Waals surface area contributed by atoms with E-state index >= 15 is 0 Å². The zero-order chi connectivity index (χ0) is 16.5. The minimum Gasteiger partial charge on any atom is -0.357 e. The van der Waals surface area contributed by atoms with E-state index in [1.165, 1.54) is 12.8 Å². The zero-order valence-electron chi connectivity index (χ0n) is 13.7. The third-order valence-electron chi connectivity index (χ3n) is 4.50. The lowest BCUT2D eigenvalue weighted by molar-refractivity contribution is 0.0742. The minimum absolute atomic E-state index is 0.0781. The lowest BCUT2D eigenvalue weighted by atomic mass is 10.1. The molecule has 0 unspecified atom stereocenters. The summed E-state index contributed by atoms with van der Waals surface area (Å²) in [5.41, 5.74) is 3.17. The summed E-state index contributed by atoms with van der Waals surface area (Å²) in [5, 5.41) is 0.957. The van der Waals surface area contributed by atoms with Crippen molar-refractivity contribution in [1.29, 1.82) is 0 Å². The Morgan fingerprint density at radius 1 is 1.33 bits per heavy atom. The maximum atomic E-state index is 12.8. The number of nitrogens with zero attached hydrogens (tertiary/aromatic N) is 3. The first-order chi connectivity index (χ1) is 11.8. The molecule has 6 heteroatoms. The molecule has 0 aromatic carbocycles. The quantitative estimate of drug-likeness (QED) is 0.731. The van der Waals surface area contributed by atoms with Crippen molar-refractivity contribution in [3.8, 4) is 11.3 Å². The van der Waals surface area contributed by atoms with Gasteiger partial charge in [-0.3, -0.25) is 4.79 Å². The third kappa shape index (κ3) is 2.79. The summed E-state index contributed by atoms with van der Waals surface area (Å²) in [7, 11) is 0. The molecule has 1 saturated carbocycles. The van der Waals surface area contributed by atoms with Gasteiger partial charge in [-0.25, -0.2) is 9.97 Å². The third-order valence-corrected chi connectivity index (χ3v) is 4.50. The van der Waals surface area contributed by atoms with Crippen molar-refractivity contribution in [3.05, 3.63) is 36.5 Å². The lowest BCUT2D eigenvalue weighted by Crippen LogP contribution is -2.33. The van der Waals surface area contributed by atoms with Gasteiger partial charge in [-0.1, -0.05) is 6.92 Å². The number of rotatable bonds is 6. The van der Waals surface area contributed by atoms with Crippen LogP contribution in [-0.4, -0.2) is 43.8 Å². The van der Waals surface area contributed by atoms with Crippen molar-refractivity contribution in [2.75, 3.05) is 13.1 Å². The molecule has 3 aromatic rings. The zero-order valence-corrected chi connectivity index (χ0v) is 13.7. The van der Waals surface area contributed by atoms with Crippen LogP contribution in [0.5, 0.6) is 0 Å². The molecule has 0 aliphatic heterocycles. The van der Waals surface area contributed by atoms with Crippen LogP contribution >= 0.6 is 0 Å². The maximum absolute atomic E-state index is 12.8. The Morgan fingerprint density at radius 2 is 2.21 bits per heavy atom. The fourth-order valence-electron chi connectivity index (χ4n) is 3.09. The maximum Gasteiger partial charge on any atom is 0.270 e. The van der Waals surface area contributed by atoms with Crippen LogP contribution < -0.4 is 0 Å². The molecule has 24 heavy (non-hydrogen) atoms. The number of aromatic amines is 2. The molecule has 0 spiro atoms. The van der Waals surface area contributed by atoms with E-state index in [-0.39, 0.29) is 5.91 Å². The fourth-order valence-corrected chi connectivity index (χ4v) is 3.09. The number of carbonyl (C=O) groups excluding carboxylic acids is 1. The Bertz CT molecular complexity index is 861. The molecule has 1 fully saturated rings. The van der Waals surface area contributed by atoms with Crippen molar-refractivity contribution in [2.45, 2.75) is 26.2 Å². The van der Waals surface area contributed by atoms with Gasteiger partial charge in [-0.05, 0) is 37.3 Å². The normalized spacial score (nSPS) is 14.2. The molecule has 0 saturated heterocycles. The van der Waals surface area contributed by atoms with Crippen molar-refractivity contribution >= 4 is 16.9 Å². The van der Waals surface area contributed by atoms with Crippen LogP contribution in [0.25, 0.3) is 22.3 Å². The molecule has 124 valence electrons. The van der Waals surface area contributed by atoms with Crippen molar-refractivity contribution in [3.63, 3.8) is 0 Å². The second-order valence-corrected chi connectivity index (χ2v) is 6.46. The fraction of sp³-hybridized carbons (Fsp3) is 0.389. The highest BCUT2D eigenvalue weighted by molar-refractivity contribution is 5.96. The summed E-state index contributed by atoms with van der Waals surface area (Å²) in [6, 6.07) is 3.85. The molecule has 1 aliphatic carbocycles. The van der Waals surface area contributed by atoms with E-state index in [1.54, 1.807) is 6.33 Å². The van der Waals surface area contributed by atoms with Crippen molar-refractivity contribution < 1.29 is 4.79 Å². The number of carbonyl (C=O) groups is 1. The van der Waals surface area contributed by atoms with E-state index in [4.69, 9.17) is 0 Å². The molecule has 3 aromatic heterocycles. The predicted molar refractivity (Wildman–Crippen MR) is 92.6 cm³/mol. The van der Waals surface area contributed by atoms with Crippen LogP contribution in [0.4, 0.5) is 0 Å². The van der Waals surface area contributed by atoms with Crippen LogP contribution in [0.15, 0.2) is 30.9 Å². The van der Waals surface area contributed by atoms with Crippen molar-refractivity contribution in [1.82, 2.24) is 24.8 Å². The SMILES string of the molecule is CCCN(CC1CC1)C(=O)c1cc(-c2ncnc3[nH]ccc23)c[nH]1. The standard InChI is InChI=1S/C18H21N5O/c1-2-7-23(10-12-3-4-12)18(24)15-8-13(9-20-15)16-14-5-6-19-17(14)22-11-21-16/h5-6,8-9,11-12,20H,2-4,7,10H2,1H3,(H,19,21,22). The number of hydrogen-bond acceptors (Lipinski definition) is 3. The van der Waals surface area contributed by atoms with Gasteiger partial charge >= 0.3 is 0 Å². The van der Waals surface area contributed by atoms with Crippen LogP contribution in [0.2, 0.25) is 0 Å². The van der Waals surface area contributed by atoms with Gasteiger partial charge in [0, 0.05) is 36.4 Å². The van der Waals surface area contributed by atoms with Crippen LogP contribution in [0.1, 0.15) is 36.7 Å². The summed E-state index contributed by atoms with van der Waals surface area (Å²) in [6.45, 7) is 3.78. The Morgan fingerprint density at radius 3 is 3.00 bits per heavy atom. The topological polar surface area (TPSA) is 77.7 Å². The van der Waals surface area contributed by atoms with Crippen molar-refractivity contribution in [2.24, 2.45) is 5.92 Å². The Hall–Kier alpha value is -2.63. The number of H-pyrrole nitrogens is 2. The molecule has 3 heterocycles. The molecule has 0 bridgehead atoms. The second-order valence-electron chi connectivity index (χ2n) is 6.46. The number of nitrogens with one attached hydrogen (secondary N) is 2. The van der Waals surface area contributed by atoms with Gasteiger partial charge in [-0.2, -0.15) is 0 Å². The minimum atomic E-state index is 0.0781. The highest BCUT2D eigenvalue weighted by Crippen LogP contribution is 2.30. The number of amides is 1. The second kappa shape index (κ2) is 6.11. The van der Waals surface area contributed by atoms with Gasteiger partial charge in [0.05, 0.1) is 5.69 Å². The van der Waals surface area contributed by atoms with Gasteiger partial charge in [0.2, 0.25) is 0 Å². The lowest BCUT2D eigenvalue weighted by Gasteiger charge is -2.21. The van der Waals surface area contributed by atoms with Crippen LogP contribution in [0, 0.1) is 5.92 Å². The van der Waals surface area contributed by atoms with Crippen LogP contribution in [0.3, 0.4) is 0 Å².